The van der Waals surface area contributed by atoms with Gasteiger partial charge in [-0.15, -0.1) is 0 Å². The number of hydrogen-bond donors (Lipinski definition) is 1. The van der Waals surface area contributed by atoms with E-state index < -0.39 is 0 Å². The minimum absolute atomic E-state index is 0.0762. The van der Waals surface area contributed by atoms with Crippen molar-refractivity contribution in [3.63, 3.8) is 0 Å². The van der Waals surface area contributed by atoms with Crippen molar-refractivity contribution in [3.05, 3.63) is 90.4 Å². The zero-order chi connectivity index (χ0) is 13.6. The number of nitrogens with zero attached hydrogens (tertiary/aromatic N) is 2. The first-order valence-corrected chi connectivity index (χ1v) is 6.56. The monoisotopic (exact) mass is 261 g/mol. The third-order valence-corrected chi connectivity index (χ3v) is 3.14. The Bertz CT molecular complexity index is 599. The first-order chi connectivity index (χ1) is 9.93. The Kier molecular flexibility index (Phi) is 3.69. The van der Waals surface area contributed by atoms with Gasteiger partial charge >= 0.3 is 0 Å². The van der Waals surface area contributed by atoms with E-state index in [2.05, 4.69) is 39.6 Å². The lowest BCUT2D eigenvalue weighted by Gasteiger charge is -2.20. The number of benzene rings is 2. The number of hydrogen-bond acceptors (Lipinski definition) is 3. The predicted octanol–water partition coefficient (Wildman–Crippen LogP) is 3.68. The molecule has 1 N–H and O–H groups in total. The van der Waals surface area contributed by atoms with Crippen LogP contribution in [0.15, 0.2) is 79.3 Å². The molecule has 0 saturated heterocycles. The van der Waals surface area contributed by atoms with Gasteiger partial charge in [-0.1, -0.05) is 60.7 Å². The van der Waals surface area contributed by atoms with E-state index in [1.807, 2.05) is 42.5 Å². The van der Waals surface area contributed by atoms with Crippen LogP contribution in [0.3, 0.4) is 0 Å². The lowest BCUT2D eigenvalue weighted by molar-refractivity contribution is 0.922. The highest BCUT2D eigenvalue weighted by Crippen LogP contribution is 2.25. The fraction of sp³-hybridized carbons (Fsp3) is 0.0588. The maximum Gasteiger partial charge on any atom is 0.130 e. The van der Waals surface area contributed by atoms with E-state index in [-0.39, 0.29) is 6.04 Å². The van der Waals surface area contributed by atoms with Crippen molar-refractivity contribution in [2.45, 2.75) is 6.04 Å². The molecule has 0 saturated carbocycles. The van der Waals surface area contributed by atoms with Gasteiger partial charge in [0.15, 0.2) is 0 Å². The van der Waals surface area contributed by atoms with Crippen LogP contribution in [0, 0.1) is 0 Å². The number of aromatic nitrogens is 2. The minimum Gasteiger partial charge on any atom is -0.359 e. The molecule has 3 nitrogen and oxygen atoms in total. The fourth-order valence-electron chi connectivity index (χ4n) is 2.17. The van der Waals surface area contributed by atoms with E-state index in [4.69, 9.17) is 0 Å². The molecule has 0 aliphatic rings. The van der Waals surface area contributed by atoms with Gasteiger partial charge in [0.1, 0.15) is 12.1 Å². The molecule has 1 aromatic heterocycles. The normalized spacial score (nSPS) is 10.4. The SMILES string of the molecule is c1ccc(C(Nc2ccncn2)c2ccccc2)cc1. The molecule has 0 unspecified atom stereocenters. The average Bonchev–Trinajstić information content (AvgIpc) is 2.55. The molecule has 0 fully saturated rings. The molecule has 98 valence electrons. The van der Waals surface area contributed by atoms with Gasteiger partial charge < -0.3 is 5.32 Å². The van der Waals surface area contributed by atoms with Crippen LogP contribution in [-0.4, -0.2) is 9.97 Å². The summed E-state index contributed by atoms with van der Waals surface area (Å²) in [4.78, 5) is 8.19. The van der Waals surface area contributed by atoms with Crippen molar-refractivity contribution < 1.29 is 0 Å². The Labute approximate surface area is 118 Å². The largest absolute Gasteiger partial charge is 0.359 e. The molecule has 0 aliphatic carbocycles. The number of rotatable bonds is 4. The average molecular weight is 261 g/mol. The summed E-state index contributed by atoms with van der Waals surface area (Å²) in [5, 5.41) is 3.46. The van der Waals surface area contributed by atoms with Gasteiger partial charge in [0.25, 0.3) is 0 Å². The highest BCUT2D eigenvalue weighted by Gasteiger charge is 2.13. The second-order valence-corrected chi connectivity index (χ2v) is 4.49. The fourth-order valence-corrected chi connectivity index (χ4v) is 2.17. The van der Waals surface area contributed by atoms with Gasteiger partial charge in [-0.2, -0.15) is 0 Å². The summed E-state index contributed by atoms with van der Waals surface area (Å²) in [6.45, 7) is 0. The molecular formula is C17H15N3. The second-order valence-electron chi connectivity index (χ2n) is 4.49. The predicted molar refractivity (Wildman–Crippen MR) is 80.4 cm³/mol. The van der Waals surface area contributed by atoms with E-state index in [1.165, 1.54) is 11.1 Å². The molecule has 2 aromatic carbocycles. The molecule has 3 aromatic rings. The summed E-state index contributed by atoms with van der Waals surface area (Å²) in [6.07, 6.45) is 3.29. The first kappa shape index (κ1) is 12.4. The van der Waals surface area contributed by atoms with E-state index in [0.29, 0.717) is 0 Å². The third kappa shape index (κ3) is 2.83. The molecule has 3 rings (SSSR count). The van der Waals surface area contributed by atoms with Gasteiger partial charge in [-0.05, 0) is 17.2 Å². The van der Waals surface area contributed by atoms with Crippen LogP contribution in [0.25, 0.3) is 0 Å². The van der Waals surface area contributed by atoms with Crippen molar-refractivity contribution in [3.8, 4) is 0 Å². The molecule has 0 aliphatic heterocycles. The molecule has 3 heteroatoms. The second kappa shape index (κ2) is 5.97. The summed E-state index contributed by atoms with van der Waals surface area (Å²) in [7, 11) is 0. The zero-order valence-electron chi connectivity index (χ0n) is 11.0. The topological polar surface area (TPSA) is 37.8 Å². The number of anilines is 1. The van der Waals surface area contributed by atoms with Crippen LogP contribution >= 0.6 is 0 Å². The van der Waals surface area contributed by atoms with Crippen molar-refractivity contribution in [2.24, 2.45) is 0 Å². The highest BCUT2D eigenvalue weighted by atomic mass is 15.0. The van der Waals surface area contributed by atoms with E-state index in [0.717, 1.165) is 5.82 Å². The minimum atomic E-state index is 0.0762. The molecule has 0 atom stereocenters. The Balaban J connectivity index is 1.96. The van der Waals surface area contributed by atoms with Gasteiger partial charge in [-0.25, -0.2) is 9.97 Å². The molecular weight excluding hydrogens is 246 g/mol. The van der Waals surface area contributed by atoms with Gasteiger partial charge in [0, 0.05) is 6.20 Å². The smallest absolute Gasteiger partial charge is 0.130 e. The van der Waals surface area contributed by atoms with Crippen LogP contribution in [0.1, 0.15) is 17.2 Å². The summed E-state index contributed by atoms with van der Waals surface area (Å²) in [5.41, 5.74) is 2.41. The quantitative estimate of drug-likeness (QED) is 0.778. The molecule has 1 heterocycles. The number of nitrogens with one attached hydrogen (secondary N) is 1. The Morgan fingerprint density at radius 1 is 0.750 bits per heavy atom. The molecule has 0 spiro atoms. The van der Waals surface area contributed by atoms with Crippen molar-refractivity contribution in [2.75, 3.05) is 5.32 Å². The maximum absolute atomic E-state index is 4.25. The lowest BCUT2D eigenvalue weighted by atomic mass is 9.99. The van der Waals surface area contributed by atoms with Crippen LogP contribution in [-0.2, 0) is 0 Å². The first-order valence-electron chi connectivity index (χ1n) is 6.56. The molecule has 0 amide bonds. The Hall–Kier alpha value is -2.68. The summed E-state index contributed by atoms with van der Waals surface area (Å²) in [6, 6.07) is 22.7. The van der Waals surface area contributed by atoms with Crippen LogP contribution in [0.2, 0.25) is 0 Å². The summed E-state index contributed by atoms with van der Waals surface area (Å²) >= 11 is 0. The summed E-state index contributed by atoms with van der Waals surface area (Å²) < 4.78 is 0. The zero-order valence-corrected chi connectivity index (χ0v) is 11.0. The standard InChI is InChI=1S/C17H15N3/c1-3-7-14(8-4-1)17(15-9-5-2-6-10-15)20-16-11-12-18-13-19-16/h1-13,17H,(H,18,19,20). The van der Waals surface area contributed by atoms with E-state index >= 15 is 0 Å². The van der Waals surface area contributed by atoms with Gasteiger partial charge in [0.05, 0.1) is 6.04 Å². The van der Waals surface area contributed by atoms with Crippen molar-refractivity contribution >= 4 is 5.82 Å². The lowest BCUT2D eigenvalue weighted by Crippen LogP contribution is -2.13. The van der Waals surface area contributed by atoms with Gasteiger partial charge in [-0.3, -0.25) is 0 Å². The highest BCUT2D eigenvalue weighted by molar-refractivity contribution is 5.43. The Morgan fingerprint density at radius 2 is 1.35 bits per heavy atom. The van der Waals surface area contributed by atoms with Crippen molar-refractivity contribution in [1.29, 1.82) is 0 Å². The molecule has 20 heavy (non-hydrogen) atoms. The van der Waals surface area contributed by atoms with Crippen LogP contribution in [0.4, 0.5) is 5.82 Å². The third-order valence-electron chi connectivity index (χ3n) is 3.14. The van der Waals surface area contributed by atoms with Crippen molar-refractivity contribution in [1.82, 2.24) is 9.97 Å². The molecule has 0 bridgehead atoms. The van der Waals surface area contributed by atoms with Crippen LogP contribution < -0.4 is 5.32 Å². The van der Waals surface area contributed by atoms with Crippen LogP contribution in [0.5, 0.6) is 0 Å². The maximum atomic E-state index is 4.25. The van der Waals surface area contributed by atoms with Gasteiger partial charge in [0.2, 0.25) is 0 Å². The Morgan fingerprint density at radius 3 is 1.85 bits per heavy atom. The van der Waals surface area contributed by atoms with E-state index in [1.54, 1.807) is 12.5 Å². The summed E-state index contributed by atoms with van der Waals surface area (Å²) in [5.74, 6) is 0.817. The molecule has 0 radical (unpaired) electrons. The van der Waals surface area contributed by atoms with E-state index in [9.17, 15) is 0 Å².